The fourth-order valence-electron chi connectivity index (χ4n) is 1.64. The van der Waals surface area contributed by atoms with Crippen molar-refractivity contribution in [2.45, 2.75) is 44.5 Å². The van der Waals surface area contributed by atoms with Gasteiger partial charge in [-0.3, -0.25) is 0 Å². The highest BCUT2D eigenvalue weighted by atomic mass is 32.1. The maximum atomic E-state index is 9.17. The fraction of sp³-hybridized carbons (Fsp3) is 0.571. The number of ether oxygens (including phenoxy) is 1. The van der Waals surface area contributed by atoms with Crippen molar-refractivity contribution < 1.29 is 9.84 Å². The maximum absolute atomic E-state index is 9.17. The van der Waals surface area contributed by atoms with Crippen molar-refractivity contribution >= 4 is 12.6 Å². The Morgan fingerprint density at radius 3 is 2.29 bits per heavy atom. The molecule has 0 aliphatic carbocycles. The molecule has 2 nitrogen and oxygen atoms in total. The number of aliphatic hydroxyl groups excluding tert-OH is 1. The van der Waals surface area contributed by atoms with Crippen molar-refractivity contribution in [2.24, 2.45) is 0 Å². The molecule has 0 amide bonds. The average molecular weight is 254 g/mol. The van der Waals surface area contributed by atoms with Crippen LogP contribution in [-0.4, -0.2) is 17.8 Å². The lowest BCUT2D eigenvalue weighted by molar-refractivity contribution is 0.108. The molecule has 0 aliphatic rings. The molecule has 1 unspecified atom stereocenters. The van der Waals surface area contributed by atoms with Gasteiger partial charge in [0.15, 0.2) is 0 Å². The van der Waals surface area contributed by atoms with Gasteiger partial charge in [-0.1, -0.05) is 25.5 Å². The predicted molar refractivity (Wildman–Crippen MR) is 74.9 cm³/mol. The molecule has 1 aromatic carbocycles. The van der Waals surface area contributed by atoms with Gasteiger partial charge in [-0.05, 0) is 38.0 Å². The highest BCUT2D eigenvalue weighted by molar-refractivity contribution is 7.81. The Kier molecular flexibility index (Phi) is 5.34. The lowest BCUT2D eigenvalue weighted by atomic mass is 10.0. The Balaban J connectivity index is 2.68. The Hall–Kier alpha value is -0.670. The quantitative estimate of drug-likeness (QED) is 0.762. The van der Waals surface area contributed by atoms with E-state index in [9.17, 15) is 0 Å². The highest BCUT2D eigenvalue weighted by Crippen LogP contribution is 2.28. The molecule has 1 atom stereocenters. The summed E-state index contributed by atoms with van der Waals surface area (Å²) in [4.78, 5) is 0. The predicted octanol–water partition coefficient (Wildman–Crippen LogP) is 3.39. The Morgan fingerprint density at radius 2 is 1.88 bits per heavy atom. The van der Waals surface area contributed by atoms with Crippen LogP contribution in [0.3, 0.4) is 0 Å². The van der Waals surface area contributed by atoms with E-state index in [4.69, 9.17) is 9.84 Å². The van der Waals surface area contributed by atoms with Gasteiger partial charge in [0.05, 0.1) is 6.61 Å². The normalized spacial score (nSPS) is 13.5. The van der Waals surface area contributed by atoms with Gasteiger partial charge in [-0.15, -0.1) is 0 Å². The van der Waals surface area contributed by atoms with E-state index < -0.39 is 0 Å². The number of benzene rings is 1. The zero-order valence-corrected chi connectivity index (χ0v) is 11.7. The lowest BCUT2D eigenvalue weighted by Crippen LogP contribution is -2.20. The molecule has 0 bridgehead atoms. The largest absolute Gasteiger partial charge is 0.488 e. The van der Waals surface area contributed by atoms with Gasteiger partial charge in [-0.2, -0.15) is 12.6 Å². The Labute approximate surface area is 109 Å². The topological polar surface area (TPSA) is 29.5 Å². The maximum Gasteiger partial charge on any atom is 0.122 e. The van der Waals surface area contributed by atoms with Crippen LogP contribution in [0.25, 0.3) is 0 Å². The minimum absolute atomic E-state index is 0.0631. The Bertz CT molecular complexity index is 327. The highest BCUT2D eigenvalue weighted by Gasteiger charge is 2.15. The van der Waals surface area contributed by atoms with E-state index in [2.05, 4.69) is 33.4 Å². The minimum atomic E-state index is -0.141. The minimum Gasteiger partial charge on any atom is -0.488 e. The van der Waals surface area contributed by atoms with E-state index in [1.165, 1.54) is 0 Å². The van der Waals surface area contributed by atoms with Crippen LogP contribution in [0.1, 0.15) is 39.2 Å². The summed E-state index contributed by atoms with van der Waals surface area (Å²) in [7, 11) is 0. The van der Waals surface area contributed by atoms with Crippen molar-refractivity contribution in [1.82, 2.24) is 0 Å². The van der Waals surface area contributed by atoms with Crippen molar-refractivity contribution in [3.05, 3.63) is 29.8 Å². The van der Waals surface area contributed by atoms with E-state index >= 15 is 0 Å². The number of thiol groups is 1. The molecular weight excluding hydrogens is 232 g/mol. The molecule has 0 radical (unpaired) electrons. The zero-order valence-electron chi connectivity index (χ0n) is 10.8. The molecule has 0 saturated heterocycles. The van der Waals surface area contributed by atoms with E-state index in [-0.39, 0.29) is 17.5 Å². The monoisotopic (exact) mass is 254 g/mol. The number of aliphatic hydroxyl groups is 1. The third-order valence-electron chi connectivity index (χ3n) is 2.68. The smallest absolute Gasteiger partial charge is 0.122 e. The first-order valence-corrected chi connectivity index (χ1v) is 6.52. The molecule has 0 aromatic heterocycles. The first kappa shape index (κ1) is 14.4. The van der Waals surface area contributed by atoms with Crippen molar-refractivity contribution in [2.75, 3.05) is 6.61 Å². The second kappa shape index (κ2) is 6.31. The summed E-state index contributed by atoms with van der Waals surface area (Å²) < 4.78 is 5.56. The van der Waals surface area contributed by atoms with Crippen molar-refractivity contribution in [3.8, 4) is 5.75 Å². The molecule has 0 heterocycles. The van der Waals surface area contributed by atoms with E-state index in [1.807, 2.05) is 24.3 Å². The summed E-state index contributed by atoms with van der Waals surface area (Å²) in [6.45, 7) is 6.26. The molecule has 96 valence electrons. The summed E-state index contributed by atoms with van der Waals surface area (Å²) in [5.41, 5.74) is 1.16. The van der Waals surface area contributed by atoms with Crippen LogP contribution in [0.5, 0.6) is 5.75 Å². The van der Waals surface area contributed by atoms with Gasteiger partial charge < -0.3 is 9.84 Å². The second-order valence-electron chi connectivity index (χ2n) is 4.79. The summed E-state index contributed by atoms with van der Waals surface area (Å²) in [6.07, 6.45) is 1.78. The van der Waals surface area contributed by atoms with Crippen molar-refractivity contribution in [3.63, 3.8) is 0 Å². The fourth-order valence-corrected chi connectivity index (χ4v) is 1.79. The van der Waals surface area contributed by atoms with E-state index in [0.717, 1.165) is 24.2 Å². The molecule has 0 spiro atoms. The number of rotatable bonds is 6. The summed E-state index contributed by atoms with van der Waals surface area (Å²) >= 11 is 4.52. The van der Waals surface area contributed by atoms with Crippen LogP contribution in [0.4, 0.5) is 0 Å². The number of hydrogen-bond acceptors (Lipinski definition) is 3. The SMILES string of the molecule is CCCC(CO)Oc1ccc(C(C)(C)S)cc1. The molecule has 1 rings (SSSR count). The Morgan fingerprint density at radius 1 is 1.29 bits per heavy atom. The second-order valence-corrected chi connectivity index (χ2v) is 5.91. The van der Waals surface area contributed by atoms with Gasteiger partial charge in [0.25, 0.3) is 0 Å². The molecule has 3 heteroatoms. The average Bonchev–Trinajstić information content (AvgIpc) is 2.28. The standard InChI is InChI=1S/C14H22O2S/c1-4-5-13(10-15)16-12-8-6-11(7-9-12)14(2,3)17/h6-9,13,15,17H,4-5,10H2,1-3H3. The van der Waals surface area contributed by atoms with Gasteiger partial charge in [0.2, 0.25) is 0 Å². The molecule has 1 aromatic rings. The summed E-state index contributed by atoms with van der Waals surface area (Å²) in [5.74, 6) is 0.804. The first-order valence-electron chi connectivity index (χ1n) is 6.07. The molecular formula is C14H22O2S. The van der Waals surface area contributed by atoms with Gasteiger partial charge in [0.1, 0.15) is 11.9 Å². The molecule has 0 aliphatic heterocycles. The van der Waals surface area contributed by atoms with Gasteiger partial charge in [-0.25, -0.2) is 0 Å². The van der Waals surface area contributed by atoms with Gasteiger partial charge in [0, 0.05) is 4.75 Å². The third-order valence-corrected chi connectivity index (χ3v) is 2.94. The van der Waals surface area contributed by atoms with Crippen LogP contribution in [-0.2, 0) is 4.75 Å². The molecule has 0 fully saturated rings. The van der Waals surface area contributed by atoms with Crippen LogP contribution in [0.15, 0.2) is 24.3 Å². The summed E-state index contributed by atoms with van der Waals surface area (Å²) in [5, 5.41) is 9.17. The molecule has 17 heavy (non-hydrogen) atoms. The van der Waals surface area contributed by atoms with Crippen LogP contribution < -0.4 is 4.74 Å². The van der Waals surface area contributed by atoms with Gasteiger partial charge >= 0.3 is 0 Å². The summed E-state index contributed by atoms with van der Waals surface area (Å²) in [6, 6.07) is 7.91. The third kappa shape index (κ3) is 4.60. The zero-order chi connectivity index (χ0) is 12.9. The molecule has 1 N–H and O–H groups in total. The van der Waals surface area contributed by atoms with E-state index in [1.54, 1.807) is 0 Å². The van der Waals surface area contributed by atoms with Crippen molar-refractivity contribution in [1.29, 1.82) is 0 Å². The molecule has 0 saturated carbocycles. The lowest BCUT2D eigenvalue weighted by Gasteiger charge is -2.20. The number of hydrogen-bond donors (Lipinski definition) is 2. The van der Waals surface area contributed by atoms with Crippen LogP contribution in [0, 0.1) is 0 Å². The van der Waals surface area contributed by atoms with Crippen LogP contribution in [0.2, 0.25) is 0 Å². The first-order chi connectivity index (χ1) is 7.97. The van der Waals surface area contributed by atoms with Crippen LogP contribution >= 0.6 is 12.6 Å². The van der Waals surface area contributed by atoms with E-state index in [0.29, 0.717) is 0 Å².